The van der Waals surface area contributed by atoms with Crippen LogP contribution in [-0.2, 0) is 13.3 Å². The first-order chi connectivity index (χ1) is 11.2. The third-order valence-corrected chi connectivity index (χ3v) is 9.88. The highest BCUT2D eigenvalue weighted by atomic mass is 32.2. The highest BCUT2D eigenvalue weighted by molar-refractivity contribution is 7.99. The van der Waals surface area contributed by atoms with Gasteiger partial charge in [-0.25, -0.2) is 0 Å². The average molecular weight is 359 g/mol. The zero-order valence-electron chi connectivity index (χ0n) is 15.1. The summed E-state index contributed by atoms with van der Waals surface area (Å²) in [4.78, 5) is 0. The van der Waals surface area contributed by atoms with E-state index in [-0.39, 0.29) is 0 Å². The Kier molecular flexibility index (Phi) is 8.15. The first-order valence-corrected chi connectivity index (χ1v) is 12.3. The topological polar surface area (TPSA) is 27.7 Å². The van der Waals surface area contributed by atoms with Crippen LogP contribution >= 0.6 is 11.8 Å². The maximum Gasteiger partial charge on any atom is 0.500 e. The number of hydrogen-bond donors (Lipinski definition) is 0. The molecule has 0 spiro atoms. The van der Waals surface area contributed by atoms with Gasteiger partial charge in [0.25, 0.3) is 0 Å². The van der Waals surface area contributed by atoms with Crippen LogP contribution in [0.1, 0.15) is 46.5 Å². The highest BCUT2D eigenvalue weighted by Gasteiger charge is 2.45. The van der Waals surface area contributed by atoms with Gasteiger partial charge in [-0.15, -0.1) is 6.58 Å². The second kappa shape index (κ2) is 9.61. The second-order valence-corrected chi connectivity index (χ2v) is 10.7. The summed E-state index contributed by atoms with van der Waals surface area (Å²) < 4.78 is 17.8. The fourth-order valence-electron chi connectivity index (χ4n) is 4.28. The van der Waals surface area contributed by atoms with E-state index in [1.165, 1.54) is 25.0 Å². The van der Waals surface area contributed by atoms with Gasteiger partial charge in [-0.1, -0.05) is 6.08 Å². The molecule has 0 aliphatic heterocycles. The van der Waals surface area contributed by atoms with Crippen LogP contribution in [0.25, 0.3) is 0 Å². The number of rotatable bonds is 12. The molecule has 4 atom stereocenters. The Labute approximate surface area is 147 Å². The molecule has 0 unspecified atom stereocenters. The van der Waals surface area contributed by atoms with Crippen molar-refractivity contribution in [3.05, 3.63) is 12.7 Å². The van der Waals surface area contributed by atoms with E-state index in [0.717, 1.165) is 35.5 Å². The van der Waals surface area contributed by atoms with E-state index >= 15 is 0 Å². The van der Waals surface area contributed by atoms with Gasteiger partial charge in [-0.3, -0.25) is 0 Å². The minimum atomic E-state index is -2.43. The van der Waals surface area contributed by atoms with Crippen molar-refractivity contribution in [1.82, 2.24) is 0 Å². The average Bonchev–Trinajstić information content (AvgIpc) is 3.12. The van der Waals surface area contributed by atoms with Crippen molar-refractivity contribution in [2.45, 2.75) is 57.7 Å². The van der Waals surface area contributed by atoms with Gasteiger partial charge in [0.15, 0.2) is 0 Å². The van der Waals surface area contributed by atoms with Crippen molar-refractivity contribution in [1.29, 1.82) is 0 Å². The molecule has 0 aromatic rings. The SMILES string of the molecule is C=C[C@@H]1C[C@H]2C[C@@H]1C[C@H]2SCCC[Si](OCC)(OCC)OCC. The highest BCUT2D eigenvalue weighted by Crippen LogP contribution is 2.53. The third-order valence-electron chi connectivity index (χ3n) is 5.20. The number of hydrogen-bond acceptors (Lipinski definition) is 4. The summed E-state index contributed by atoms with van der Waals surface area (Å²) in [5.74, 6) is 3.85. The second-order valence-electron chi connectivity index (χ2n) is 6.62. The van der Waals surface area contributed by atoms with Crippen molar-refractivity contribution in [2.75, 3.05) is 25.6 Å². The van der Waals surface area contributed by atoms with E-state index in [9.17, 15) is 0 Å². The summed E-state index contributed by atoms with van der Waals surface area (Å²) in [6, 6.07) is 0.950. The molecule has 5 heteroatoms. The van der Waals surface area contributed by atoms with Crippen LogP contribution in [0.5, 0.6) is 0 Å². The van der Waals surface area contributed by atoms with Crippen LogP contribution in [0.3, 0.4) is 0 Å². The molecule has 0 heterocycles. The lowest BCUT2D eigenvalue weighted by Crippen LogP contribution is -2.46. The first-order valence-electron chi connectivity index (χ1n) is 9.34. The summed E-state index contributed by atoms with van der Waals surface area (Å²) >= 11 is 2.18. The molecule has 2 saturated carbocycles. The normalized spacial score (nSPS) is 30.0. The summed E-state index contributed by atoms with van der Waals surface area (Å²) in [5, 5.41) is 0.874. The molecule has 3 nitrogen and oxygen atoms in total. The van der Waals surface area contributed by atoms with Gasteiger partial charge in [0.2, 0.25) is 0 Å². The monoisotopic (exact) mass is 358 g/mol. The van der Waals surface area contributed by atoms with Crippen molar-refractivity contribution >= 4 is 20.6 Å². The van der Waals surface area contributed by atoms with Crippen LogP contribution in [0, 0.1) is 17.8 Å². The Hall–Kier alpha value is 0.187. The molecule has 23 heavy (non-hydrogen) atoms. The van der Waals surface area contributed by atoms with Crippen molar-refractivity contribution in [3.8, 4) is 0 Å². The molecule has 2 fully saturated rings. The van der Waals surface area contributed by atoms with Crippen molar-refractivity contribution in [2.24, 2.45) is 17.8 Å². The molecule has 0 aromatic heterocycles. The van der Waals surface area contributed by atoms with E-state index in [1.54, 1.807) is 0 Å². The Morgan fingerprint density at radius 2 is 1.65 bits per heavy atom. The molecule has 0 N–H and O–H groups in total. The standard InChI is InChI=1S/C18H34O3SSi/c1-5-15-12-17-13-16(15)14-18(17)22-10-9-11-23(19-6-2,20-7-3)21-8-4/h5,15-18H,1,6-14H2,2-4H3/t15-,16-,17+,18-/m1/s1. The molecular formula is C18H34O3SSi. The fourth-order valence-corrected chi connectivity index (χ4v) is 8.64. The van der Waals surface area contributed by atoms with E-state index in [0.29, 0.717) is 19.8 Å². The summed E-state index contributed by atoms with van der Waals surface area (Å²) in [7, 11) is -2.43. The Morgan fingerprint density at radius 3 is 2.13 bits per heavy atom. The molecule has 2 rings (SSSR count). The largest absolute Gasteiger partial charge is 0.500 e. The predicted molar refractivity (Wildman–Crippen MR) is 101 cm³/mol. The van der Waals surface area contributed by atoms with Gasteiger partial charge in [0.1, 0.15) is 0 Å². The van der Waals surface area contributed by atoms with Gasteiger partial charge < -0.3 is 13.3 Å². The molecule has 0 saturated heterocycles. The Balaban J connectivity index is 1.72. The van der Waals surface area contributed by atoms with Crippen molar-refractivity contribution in [3.63, 3.8) is 0 Å². The molecule has 2 aliphatic carbocycles. The van der Waals surface area contributed by atoms with Gasteiger partial charge in [0, 0.05) is 31.1 Å². The smallest absolute Gasteiger partial charge is 0.374 e. The van der Waals surface area contributed by atoms with Crippen LogP contribution < -0.4 is 0 Å². The summed E-state index contributed by atoms with van der Waals surface area (Å²) in [6.07, 6.45) is 7.54. The van der Waals surface area contributed by atoms with E-state index < -0.39 is 8.80 Å². The van der Waals surface area contributed by atoms with Gasteiger partial charge >= 0.3 is 8.80 Å². The van der Waals surface area contributed by atoms with Gasteiger partial charge in [-0.2, -0.15) is 11.8 Å². The molecule has 2 bridgehead atoms. The lowest BCUT2D eigenvalue weighted by molar-refractivity contribution is 0.0712. The zero-order valence-corrected chi connectivity index (χ0v) is 16.9. The minimum absolute atomic E-state index is 0.675. The summed E-state index contributed by atoms with van der Waals surface area (Å²) in [6.45, 7) is 12.1. The van der Waals surface area contributed by atoms with E-state index in [4.69, 9.17) is 13.3 Å². The number of fused-ring (bicyclic) bond motifs is 2. The number of thioether (sulfide) groups is 1. The quantitative estimate of drug-likeness (QED) is 0.286. The predicted octanol–water partition coefficient (Wildman–Crippen LogP) is 4.76. The van der Waals surface area contributed by atoms with E-state index in [2.05, 4.69) is 24.4 Å². The molecule has 134 valence electrons. The first kappa shape index (κ1) is 19.5. The Morgan fingerprint density at radius 1 is 1.00 bits per heavy atom. The van der Waals surface area contributed by atoms with Crippen LogP contribution in [0.4, 0.5) is 0 Å². The molecular weight excluding hydrogens is 324 g/mol. The van der Waals surface area contributed by atoms with Crippen LogP contribution in [0.2, 0.25) is 6.04 Å². The molecule has 0 aromatic carbocycles. The maximum absolute atomic E-state index is 5.93. The lowest BCUT2D eigenvalue weighted by Gasteiger charge is -2.29. The minimum Gasteiger partial charge on any atom is -0.374 e. The maximum atomic E-state index is 5.93. The molecule has 2 aliphatic rings. The van der Waals surface area contributed by atoms with Crippen LogP contribution in [-0.4, -0.2) is 39.6 Å². The Bertz CT molecular complexity index is 349. The van der Waals surface area contributed by atoms with Crippen molar-refractivity contribution < 1.29 is 13.3 Å². The van der Waals surface area contributed by atoms with Crippen LogP contribution in [0.15, 0.2) is 12.7 Å². The van der Waals surface area contributed by atoms with Gasteiger partial charge in [0.05, 0.1) is 0 Å². The lowest BCUT2D eigenvalue weighted by atomic mass is 9.89. The third kappa shape index (κ3) is 5.08. The summed E-state index contributed by atoms with van der Waals surface area (Å²) in [5.41, 5.74) is 0. The van der Waals surface area contributed by atoms with E-state index in [1.807, 2.05) is 20.8 Å². The van der Waals surface area contributed by atoms with Gasteiger partial charge in [-0.05, 0) is 70.0 Å². The molecule has 0 radical (unpaired) electrons. The zero-order chi connectivity index (χ0) is 16.7. The number of allylic oxidation sites excluding steroid dienone is 1. The fraction of sp³-hybridized carbons (Fsp3) is 0.889. The molecule has 0 amide bonds.